The molecule has 3 rings (SSSR count). The number of ether oxygens (including phenoxy) is 2. The minimum Gasteiger partial charge on any atom is -0.493 e. The summed E-state index contributed by atoms with van der Waals surface area (Å²) in [6.07, 6.45) is 11.6. The fourth-order valence-electron chi connectivity index (χ4n) is 4.41. The summed E-state index contributed by atoms with van der Waals surface area (Å²) in [7, 11) is 3.71. The molecule has 0 bridgehead atoms. The van der Waals surface area contributed by atoms with Gasteiger partial charge in [-0.3, -0.25) is 9.80 Å². The van der Waals surface area contributed by atoms with Gasteiger partial charge in [-0.2, -0.15) is 0 Å². The number of carbonyl (C=O) groups excluding carboxylic acids is 1. The molecule has 0 aromatic heterocycles. The van der Waals surface area contributed by atoms with E-state index < -0.39 is 0 Å². The van der Waals surface area contributed by atoms with Crippen molar-refractivity contribution in [3.8, 4) is 11.5 Å². The Hall–Kier alpha value is -1.75. The van der Waals surface area contributed by atoms with E-state index in [0.29, 0.717) is 6.42 Å². The number of nitrogens with zero attached hydrogens (tertiary/aromatic N) is 2. The van der Waals surface area contributed by atoms with Crippen molar-refractivity contribution in [1.29, 1.82) is 0 Å². The van der Waals surface area contributed by atoms with Crippen LogP contribution in [0.2, 0.25) is 0 Å². The molecule has 1 heterocycles. The molecule has 1 aromatic carbocycles. The van der Waals surface area contributed by atoms with E-state index >= 15 is 0 Å². The lowest BCUT2D eigenvalue weighted by Gasteiger charge is -2.29. The zero-order valence-electron chi connectivity index (χ0n) is 17.8. The van der Waals surface area contributed by atoms with Crippen LogP contribution in [0.4, 0.5) is 0 Å². The van der Waals surface area contributed by atoms with Gasteiger partial charge in [0.2, 0.25) is 5.91 Å². The number of rotatable bonds is 10. The maximum Gasteiger partial charge on any atom is 0.238 e. The largest absolute Gasteiger partial charge is 0.493 e. The van der Waals surface area contributed by atoms with E-state index in [-0.39, 0.29) is 18.1 Å². The van der Waals surface area contributed by atoms with Crippen LogP contribution < -0.4 is 9.47 Å². The predicted octanol–water partition coefficient (Wildman–Crippen LogP) is 5.11. The first-order valence-corrected chi connectivity index (χ1v) is 11.0. The average Bonchev–Trinajstić information content (AvgIpc) is 3.30. The van der Waals surface area contributed by atoms with Gasteiger partial charge in [0, 0.05) is 20.0 Å². The summed E-state index contributed by atoms with van der Waals surface area (Å²) >= 11 is 0. The summed E-state index contributed by atoms with van der Waals surface area (Å²) in [6, 6.07) is 6.20. The van der Waals surface area contributed by atoms with E-state index in [1.807, 2.05) is 18.1 Å². The Kier molecular flexibility index (Phi) is 7.60. The minimum atomic E-state index is 0.0694. The highest BCUT2D eigenvalue weighted by molar-refractivity contribution is 5.78. The van der Waals surface area contributed by atoms with E-state index in [4.69, 9.17) is 9.47 Å². The van der Waals surface area contributed by atoms with Crippen molar-refractivity contribution in [3.05, 3.63) is 23.8 Å². The maximum atomic E-state index is 12.6. The van der Waals surface area contributed by atoms with Gasteiger partial charge in [0.1, 0.15) is 0 Å². The van der Waals surface area contributed by atoms with Crippen molar-refractivity contribution in [2.45, 2.75) is 83.3 Å². The van der Waals surface area contributed by atoms with Crippen LogP contribution in [-0.4, -0.2) is 42.7 Å². The number of carbonyl (C=O) groups is 1. The first kappa shape index (κ1) is 21.0. The van der Waals surface area contributed by atoms with E-state index in [9.17, 15) is 4.79 Å². The van der Waals surface area contributed by atoms with Gasteiger partial charge >= 0.3 is 0 Å². The lowest BCUT2D eigenvalue weighted by atomic mass is 10.0. The zero-order chi connectivity index (χ0) is 19.9. The fourth-order valence-corrected chi connectivity index (χ4v) is 4.41. The van der Waals surface area contributed by atoms with Gasteiger partial charge in [0.25, 0.3) is 0 Å². The Labute approximate surface area is 170 Å². The van der Waals surface area contributed by atoms with Crippen LogP contribution in [0.1, 0.15) is 82.7 Å². The van der Waals surface area contributed by atoms with Crippen LogP contribution in [-0.2, 0) is 4.79 Å². The molecule has 1 saturated heterocycles. The molecule has 0 spiro atoms. The summed E-state index contributed by atoms with van der Waals surface area (Å²) in [5, 5.41) is 4.04. The molecule has 5 heteroatoms. The van der Waals surface area contributed by atoms with E-state index in [1.54, 1.807) is 7.11 Å². The second-order valence-corrected chi connectivity index (χ2v) is 8.16. The number of benzene rings is 1. The normalized spacial score (nSPS) is 20.9. The molecular formula is C23H36N2O3. The monoisotopic (exact) mass is 388 g/mol. The third kappa shape index (κ3) is 4.99. The van der Waals surface area contributed by atoms with E-state index in [0.717, 1.165) is 42.9 Å². The number of hydrogen-bond acceptors (Lipinski definition) is 4. The molecule has 1 unspecified atom stereocenters. The predicted molar refractivity (Wildman–Crippen MR) is 111 cm³/mol. The van der Waals surface area contributed by atoms with Gasteiger partial charge in [-0.25, -0.2) is 5.01 Å². The second kappa shape index (κ2) is 10.1. The van der Waals surface area contributed by atoms with Crippen LogP contribution in [0.15, 0.2) is 18.2 Å². The zero-order valence-corrected chi connectivity index (χ0v) is 17.8. The van der Waals surface area contributed by atoms with Gasteiger partial charge in [-0.05, 0) is 49.8 Å². The summed E-state index contributed by atoms with van der Waals surface area (Å²) < 4.78 is 11.8. The van der Waals surface area contributed by atoms with Gasteiger partial charge in [0.05, 0.1) is 19.3 Å². The van der Waals surface area contributed by atoms with E-state index in [2.05, 4.69) is 24.1 Å². The Bertz CT molecular complexity index is 643. The molecule has 0 radical (unpaired) electrons. The first-order chi connectivity index (χ1) is 13.6. The number of hydrogen-bond donors (Lipinski definition) is 0. The molecule has 2 aliphatic rings. The number of amides is 1. The molecule has 28 heavy (non-hydrogen) atoms. The number of methoxy groups -OCH3 is 1. The molecule has 2 fully saturated rings. The lowest BCUT2D eigenvalue weighted by Crippen LogP contribution is -2.37. The van der Waals surface area contributed by atoms with Crippen molar-refractivity contribution >= 4 is 5.91 Å². The summed E-state index contributed by atoms with van der Waals surface area (Å²) in [6.45, 7) is 3.04. The second-order valence-electron chi connectivity index (χ2n) is 8.16. The van der Waals surface area contributed by atoms with Gasteiger partial charge in [0.15, 0.2) is 11.5 Å². The number of unbranched alkanes of at least 4 members (excludes halogenated alkanes) is 4. The lowest BCUT2D eigenvalue weighted by molar-refractivity contribution is -0.137. The Morgan fingerprint density at radius 3 is 2.54 bits per heavy atom. The molecule has 1 atom stereocenters. The van der Waals surface area contributed by atoms with Crippen molar-refractivity contribution in [2.75, 3.05) is 20.7 Å². The third-order valence-corrected chi connectivity index (χ3v) is 6.13. The summed E-state index contributed by atoms with van der Waals surface area (Å²) in [4.78, 5) is 12.6. The molecule has 5 nitrogen and oxygen atoms in total. The number of hydrazine groups is 1. The quantitative estimate of drug-likeness (QED) is 0.523. The minimum absolute atomic E-state index is 0.0694. The molecule has 1 aromatic rings. The van der Waals surface area contributed by atoms with Crippen LogP contribution in [0.25, 0.3) is 0 Å². The molecule has 1 aliphatic heterocycles. The average molecular weight is 389 g/mol. The highest BCUT2D eigenvalue weighted by Crippen LogP contribution is 2.38. The van der Waals surface area contributed by atoms with Crippen LogP contribution in [0.5, 0.6) is 11.5 Å². The molecular weight excluding hydrogens is 352 g/mol. The summed E-state index contributed by atoms with van der Waals surface area (Å²) in [5.74, 6) is 1.80. The fraction of sp³-hybridized carbons (Fsp3) is 0.696. The van der Waals surface area contributed by atoms with Crippen LogP contribution in [0.3, 0.4) is 0 Å². The first-order valence-electron chi connectivity index (χ1n) is 11.0. The smallest absolute Gasteiger partial charge is 0.238 e. The molecule has 1 amide bonds. The Morgan fingerprint density at radius 2 is 1.82 bits per heavy atom. The third-order valence-electron chi connectivity index (χ3n) is 6.13. The Morgan fingerprint density at radius 1 is 1.07 bits per heavy atom. The van der Waals surface area contributed by atoms with Gasteiger partial charge in [-0.15, -0.1) is 0 Å². The molecule has 156 valence electrons. The van der Waals surface area contributed by atoms with Crippen molar-refractivity contribution in [2.24, 2.45) is 0 Å². The maximum absolute atomic E-state index is 12.6. The van der Waals surface area contributed by atoms with Crippen molar-refractivity contribution < 1.29 is 14.3 Å². The molecule has 1 aliphatic carbocycles. The highest BCUT2D eigenvalue weighted by atomic mass is 16.5. The topological polar surface area (TPSA) is 42.0 Å². The van der Waals surface area contributed by atoms with Crippen LogP contribution >= 0.6 is 0 Å². The summed E-state index contributed by atoms with van der Waals surface area (Å²) in [5.41, 5.74) is 1.12. The van der Waals surface area contributed by atoms with Crippen molar-refractivity contribution in [3.63, 3.8) is 0 Å². The molecule has 1 saturated carbocycles. The Balaban J connectivity index is 1.66. The standard InChI is InChI=1S/C23H36N2O3/c1-4-5-6-7-10-15-25-23(26)17-20(24(25)2)18-13-14-21(27-3)22(16-18)28-19-11-8-9-12-19/h13-14,16,19-20H,4-12,15,17H2,1-3H3. The van der Waals surface area contributed by atoms with Gasteiger partial charge < -0.3 is 9.47 Å². The molecule has 0 N–H and O–H groups in total. The van der Waals surface area contributed by atoms with E-state index in [1.165, 1.54) is 38.5 Å². The SMILES string of the molecule is CCCCCCCN1C(=O)CC(c2ccc(OC)c(OC3CCCC3)c2)N1C. The highest BCUT2D eigenvalue weighted by Gasteiger charge is 2.36. The van der Waals surface area contributed by atoms with Crippen LogP contribution in [0, 0.1) is 0 Å². The van der Waals surface area contributed by atoms with Gasteiger partial charge in [-0.1, -0.05) is 38.7 Å². The van der Waals surface area contributed by atoms with Crippen molar-refractivity contribution in [1.82, 2.24) is 10.0 Å².